The fraction of sp³-hybridized carbons (Fsp3) is 0.625. The van der Waals surface area contributed by atoms with Crippen molar-refractivity contribution in [3.8, 4) is 0 Å². The number of rotatable bonds is 5. The van der Waals surface area contributed by atoms with E-state index in [0.29, 0.717) is 6.54 Å². The summed E-state index contributed by atoms with van der Waals surface area (Å²) in [5, 5.41) is 0. The van der Waals surface area contributed by atoms with E-state index >= 15 is 0 Å². The summed E-state index contributed by atoms with van der Waals surface area (Å²) >= 11 is 0. The number of piperazine rings is 1. The van der Waals surface area contributed by atoms with E-state index in [4.69, 9.17) is 0 Å². The average Bonchev–Trinajstić information content (AvgIpc) is 2.44. The molecule has 2 rings (SSSR count). The monoisotopic (exact) mass is 310 g/mol. The molecule has 1 aliphatic rings. The summed E-state index contributed by atoms with van der Waals surface area (Å²) in [5.74, 6) is 0.262. The molecule has 1 aliphatic heterocycles. The van der Waals surface area contributed by atoms with Gasteiger partial charge in [0.2, 0.25) is 10.0 Å². The van der Waals surface area contributed by atoms with Gasteiger partial charge in [-0.15, -0.1) is 0 Å². The lowest BCUT2D eigenvalue weighted by Gasteiger charge is -2.47. The van der Waals surface area contributed by atoms with Crippen LogP contribution in [0.1, 0.15) is 33.6 Å². The molecule has 0 N–H and O–H groups in total. The number of unbranched alkanes of at least 4 members (excludes halogenated alkanes) is 1. The van der Waals surface area contributed by atoms with Crippen molar-refractivity contribution >= 4 is 15.7 Å². The second-order valence-corrected chi connectivity index (χ2v) is 8.32. The molecule has 0 spiro atoms. The van der Waals surface area contributed by atoms with Crippen LogP contribution >= 0.6 is 0 Å². The summed E-state index contributed by atoms with van der Waals surface area (Å²) in [5.41, 5.74) is 0.789. The lowest BCUT2D eigenvalue weighted by atomic mass is 10.0. The average molecular weight is 310 g/mol. The largest absolute Gasteiger partial charge is 0.368 e. The van der Waals surface area contributed by atoms with Crippen LogP contribution < -0.4 is 4.90 Å². The molecule has 0 aliphatic carbocycles. The van der Waals surface area contributed by atoms with Crippen LogP contribution in [0.2, 0.25) is 0 Å². The van der Waals surface area contributed by atoms with Gasteiger partial charge in [0.25, 0.3) is 0 Å². The van der Waals surface area contributed by atoms with Crippen molar-refractivity contribution in [2.45, 2.75) is 39.2 Å². The van der Waals surface area contributed by atoms with Crippen LogP contribution in [0.25, 0.3) is 0 Å². The molecular weight excluding hydrogens is 284 g/mol. The maximum Gasteiger partial charge on any atom is 0.214 e. The van der Waals surface area contributed by atoms with Crippen LogP contribution in [0.15, 0.2) is 30.3 Å². The lowest BCUT2D eigenvalue weighted by molar-refractivity contribution is 0.205. The van der Waals surface area contributed by atoms with E-state index in [9.17, 15) is 8.42 Å². The van der Waals surface area contributed by atoms with Crippen LogP contribution in [-0.4, -0.2) is 43.6 Å². The summed E-state index contributed by atoms with van der Waals surface area (Å²) in [6.45, 7) is 8.10. The number of hydrogen-bond acceptors (Lipinski definition) is 3. The topological polar surface area (TPSA) is 40.6 Å². The van der Waals surface area contributed by atoms with Crippen LogP contribution in [0.4, 0.5) is 5.69 Å². The molecule has 1 aromatic carbocycles. The van der Waals surface area contributed by atoms with Crippen molar-refractivity contribution < 1.29 is 8.42 Å². The second-order valence-electron chi connectivity index (χ2n) is 6.31. The minimum atomic E-state index is -3.15. The van der Waals surface area contributed by atoms with Gasteiger partial charge in [-0.25, -0.2) is 8.42 Å². The van der Waals surface area contributed by atoms with E-state index in [1.165, 1.54) is 0 Å². The molecule has 0 unspecified atom stereocenters. The lowest BCUT2D eigenvalue weighted by Crippen LogP contribution is -2.61. The summed E-state index contributed by atoms with van der Waals surface area (Å²) in [6.07, 6.45) is 1.64. The highest BCUT2D eigenvalue weighted by Gasteiger charge is 2.40. The normalized spacial score (nSPS) is 19.7. The van der Waals surface area contributed by atoms with Crippen molar-refractivity contribution in [3.05, 3.63) is 30.3 Å². The Hall–Kier alpha value is -1.07. The van der Waals surface area contributed by atoms with E-state index in [1.54, 1.807) is 4.31 Å². The number of anilines is 1. The summed E-state index contributed by atoms with van der Waals surface area (Å²) < 4.78 is 26.7. The Labute approximate surface area is 128 Å². The Morgan fingerprint density at radius 3 is 2.38 bits per heavy atom. The van der Waals surface area contributed by atoms with Crippen LogP contribution in [0, 0.1) is 0 Å². The molecule has 0 radical (unpaired) electrons. The Morgan fingerprint density at radius 2 is 1.81 bits per heavy atom. The molecule has 1 heterocycles. The fourth-order valence-electron chi connectivity index (χ4n) is 2.95. The smallest absolute Gasteiger partial charge is 0.214 e. The van der Waals surface area contributed by atoms with Crippen LogP contribution in [0.3, 0.4) is 0 Å². The Balaban J connectivity index is 2.13. The number of nitrogens with zero attached hydrogens (tertiary/aromatic N) is 2. The predicted octanol–water partition coefficient (Wildman–Crippen LogP) is 2.72. The quantitative estimate of drug-likeness (QED) is 0.839. The van der Waals surface area contributed by atoms with E-state index in [-0.39, 0.29) is 11.3 Å². The summed E-state index contributed by atoms with van der Waals surface area (Å²) in [7, 11) is -3.15. The zero-order valence-corrected chi connectivity index (χ0v) is 14.1. The number of sulfonamides is 1. The third kappa shape index (κ3) is 3.77. The first-order valence-corrected chi connectivity index (χ1v) is 9.28. The molecule has 118 valence electrons. The first-order chi connectivity index (χ1) is 9.87. The Bertz CT molecular complexity index is 555. The van der Waals surface area contributed by atoms with Gasteiger partial charge in [-0.1, -0.05) is 31.5 Å². The molecule has 0 amide bonds. The van der Waals surface area contributed by atoms with Gasteiger partial charge in [-0.05, 0) is 32.4 Å². The van der Waals surface area contributed by atoms with Gasteiger partial charge in [0.1, 0.15) is 0 Å². The van der Waals surface area contributed by atoms with E-state index in [0.717, 1.165) is 31.6 Å². The summed E-state index contributed by atoms with van der Waals surface area (Å²) in [4.78, 5) is 2.27. The highest BCUT2D eigenvalue weighted by Crippen LogP contribution is 2.28. The van der Waals surface area contributed by atoms with E-state index in [1.807, 2.05) is 39.0 Å². The van der Waals surface area contributed by atoms with Gasteiger partial charge < -0.3 is 4.90 Å². The molecule has 5 heteroatoms. The molecule has 1 saturated heterocycles. The van der Waals surface area contributed by atoms with Gasteiger partial charge >= 0.3 is 0 Å². The third-order valence-electron chi connectivity index (χ3n) is 4.04. The van der Waals surface area contributed by atoms with E-state index < -0.39 is 10.0 Å². The van der Waals surface area contributed by atoms with Gasteiger partial charge in [-0.2, -0.15) is 4.31 Å². The molecule has 0 bridgehead atoms. The van der Waals surface area contributed by atoms with Crippen molar-refractivity contribution in [1.29, 1.82) is 0 Å². The zero-order chi connectivity index (χ0) is 15.5. The first-order valence-electron chi connectivity index (χ1n) is 7.67. The van der Waals surface area contributed by atoms with Gasteiger partial charge in [0, 0.05) is 30.9 Å². The summed E-state index contributed by atoms with van der Waals surface area (Å²) in [6, 6.07) is 10.2. The van der Waals surface area contributed by atoms with Crippen molar-refractivity contribution in [2.75, 3.05) is 30.3 Å². The molecule has 21 heavy (non-hydrogen) atoms. The molecule has 0 atom stereocenters. The van der Waals surface area contributed by atoms with Crippen molar-refractivity contribution in [2.24, 2.45) is 0 Å². The Morgan fingerprint density at radius 1 is 1.14 bits per heavy atom. The van der Waals surface area contributed by atoms with Gasteiger partial charge in [0.05, 0.1) is 5.75 Å². The SMILES string of the molecule is CCCCS(=O)(=O)N1CCN(c2ccccc2)CC1(C)C. The Kier molecular flexibility index (Phi) is 4.94. The maximum absolute atomic E-state index is 12.5. The first kappa shape index (κ1) is 16.3. The molecule has 4 nitrogen and oxygen atoms in total. The predicted molar refractivity (Wildman–Crippen MR) is 88.1 cm³/mol. The molecule has 1 fully saturated rings. The number of benzene rings is 1. The molecule has 1 aromatic rings. The molecule has 0 aromatic heterocycles. The standard InChI is InChI=1S/C16H26N2O2S/c1-4-5-13-21(19,20)18-12-11-17(14-16(18,2)3)15-9-7-6-8-10-15/h6-10H,4-5,11-14H2,1-3H3. The molecule has 0 saturated carbocycles. The highest BCUT2D eigenvalue weighted by atomic mass is 32.2. The van der Waals surface area contributed by atoms with Crippen LogP contribution in [0.5, 0.6) is 0 Å². The minimum absolute atomic E-state index is 0.262. The van der Waals surface area contributed by atoms with Crippen molar-refractivity contribution in [1.82, 2.24) is 4.31 Å². The fourth-order valence-corrected chi connectivity index (χ4v) is 5.00. The second kappa shape index (κ2) is 6.36. The van der Waals surface area contributed by atoms with E-state index in [2.05, 4.69) is 17.0 Å². The number of hydrogen-bond donors (Lipinski definition) is 0. The molecular formula is C16H26N2O2S. The number of para-hydroxylation sites is 1. The third-order valence-corrected chi connectivity index (χ3v) is 6.19. The highest BCUT2D eigenvalue weighted by molar-refractivity contribution is 7.89. The van der Waals surface area contributed by atoms with Crippen molar-refractivity contribution in [3.63, 3.8) is 0 Å². The van der Waals surface area contributed by atoms with Gasteiger partial charge in [-0.3, -0.25) is 0 Å². The minimum Gasteiger partial charge on any atom is -0.368 e. The van der Waals surface area contributed by atoms with Crippen LogP contribution in [-0.2, 0) is 10.0 Å². The zero-order valence-electron chi connectivity index (χ0n) is 13.2. The van der Waals surface area contributed by atoms with Gasteiger partial charge in [0.15, 0.2) is 0 Å². The maximum atomic E-state index is 12.5.